The van der Waals surface area contributed by atoms with Gasteiger partial charge in [-0.15, -0.1) is 0 Å². The van der Waals surface area contributed by atoms with Gasteiger partial charge in [-0.25, -0.2) is 13.8 Å². The zero-order chi connectivity index (χ0) is 19.7. The third-order valence-electron chi connectivity index (χ3n) is 4.77. The molecule has 2 aromatic carbocycles. The van der Waals surface area contributed by atoms with Crippen molar-refractivity contribution in [1.82, 2.24) is 9.97 Å². The van der Waals surface area contributed by atoms with Crippen LogP contribution in [-0.4, -0.2) is 35.0 Å². The fraction of sp³-hybridized carbons (Fsp3) is 0.200. The molecule has 0 spiro atoms. The Morgan fingerprint density at radius 1 is 1.11 bits per heavy atom. The van der Waals surface area contributed by atoms with E-state index in [9.17, 15) is 13.6 Å². The van der Waals surface area contributed by atoms with Crippen LogP contribution in [0.15, 0.2) is 55.0 Å². The molecule has 3 N–H and O–H groups in total. The minimum Gasteiger partial charge on any atom is -0.351 e. The predicted molar refractivity (Wildman–Crippen MR) is 102 cm³/mol. The average molecular weight is 383 g/mol. The molecule has 2 heterocycles. The molecule has 0 bridgehead atoms. The fourth-order valence-corrected chi connectivity index (χ4v) is 3.42. The Balaban J connectivity index is 1.64. The van der Waals surface area contributed by atoms with Crippen molar-refractivity contribution < 1.29 is 13.6 Å². The number of halogens is 2. The van der Waals surface area contributed by atoms with Crippen molar-refractivity contribution in [1.29, 1.82) is 0 Å². The third-order valence-corrected chi connectivity index (χ3v) is 4.77. The number of H-pyrrole nitrogens is 1. The van der Waals surface area contributed by atoms with Gasteiger partial charge in [0.25, 0.3) is 0 Å². The summed E-state index contributed by atoms with van der Waals surface area (Å²) in [6, 6.07) is 9.45. The molecule has 144 valence electrons. The summed E-state index contributed by atoms with van der Waals surface area (Å²) in [6.07, 6.45) is 3.53. The zero-order valence-electron chi connectivity index (χ0n) is 15.0. The number of aromatic amines is 1. The molecule has 0 radical (unpaired) electrons. The lowest BCUT2D eigenvalue weighted by atomic mass is 10.1. The van der Waals surface area contributed by atoms with Gasteiger partial charge < -0.3 is 20.5 Å². The maximum Gasteiger partial charge on any atom is 0.244 e. The lowest BCUT2D eigenvalue weighted by Gasteiger charge is -2.38. The molecule has 1 atom stereocenters. The van der Waals surface area contributed by atoms with Crippen LogP contribution in [0.1, 0.15) is 5.69 Å². The summed E-state index contributed by atoms with van der Waals surface area (Å²) >= 11 is 0. The highest BCUT2D eigenvalue weighted by molar-refractivity contribution is 6.01. The maximum atomic E-state index is 14.0. The Morgan fingerprint density at radius 3 is 2.57 bits per heavy atom. The summed E-state index contributed by atoms with van der Waals surface area (Å²) in [5, 5.41) is 0. The van der Waals surface area contributed by atoms with Crippen molar-refractivity contribution >= 4 is 23.0 Å². The van der Waals surface area contributed by atoms with Gasteiger partial charge in [-0.3, -0.25) is 4.79 Å². The number of aromatic nitrogens is 2. The van der Waals surface area contributed by atoms with Gasteiger partial charge >= 0.3 is 0 Å². The van der Waals surface area contributed by atoms with E-state index in [1.807, 2.05) is 4.90 Å². The van der Waals surface area contributed by atoms with Crippen molar-refractivity contribution in [2.45, 2.75) is 12.5 Å². The quantitative estimate of drug-likeness (QED) is 0.726. The molecule has 0 fully saturated rings. The van der Waals surface area contributed by atoms with Crippen LogP contribution < -0.4 is 15.5 Å². The smallest absolute Gasteiger partial charge is 0.244 e. The highest BCUT2D eigenvalue weighted by Gasteiger charge is 2.31. The minimum absolute atomic E-state index is 0.255. The number of nitrogens with zero attached hydrogens (tertiary/aromatic N) is 3. The number of anilines is 3. The molecular formula is C20H19F2N5O. The highest BCUT2D eigenvalue weighted by atomic mass is 19.1. The lowest BCUT2D eigenvalue weighted by Crippen LogP contribution is -2.50. The van der Waals surface area contributed by atoms with Gasteiger partial charge in [0.2, 0.25) is 5.91 Å². The summed E-state index contributed by atoms with van der Waals surface area (Å²) in [6.45, 7) is 0.812. The zero-order valence-corrected chi connectivity index (χ0v) is 15.0. The number of benzene rings is 2. The Bertz CT molecular complexity index is 975. The second-order valence-electron chi connectivity index (χ2n) is 6.62. The van der Waals surface area contributed by atoms with E-state index < -0.39 is 11.9 Å². The Kier molecular flexibility index (Phi) is 4.79. The molecule has 0 aliphatic carbocycles. The van der Waals surface area contributed by atoms with E-state index in [1.165, 1.54) is 30.6 Å². The second-order valence-corrected chi connectivity index (χ2v) is 6.62. The van der Waals surface area contributed by atoms with Gasteiger partial charge in [0, 0.05) is 31.4 Å². The van der Waals surface area contributed by atoms with Gasteiger partial charge in [-0.05, 0) is 42.5 Å². The number of nitrogens with two attached hydrogens (primary N) is 1. The number of imidazole rings is 1. The first-order valence-corrected chi connectivity index (χ1v) is 8.90. The Hall–Kier alpha value is -3.26. The second kappa shape index (κ2) is 7.40. The summed E-state index contributed by atoms with van der Waals surface area (Å²) in [5.74, 6) is -1.02. The van der Waals surface area contributed by atoms with Gasteiger partial charge in [0.1, 0.15) is 11.6 Å². The largest absolute Gasteiger partial charge is 0.351 e. The molecule has 0 unspecified atom stereocenters. The van der Waals surface area contributed by atoms with Crippen LogP contribution in [-0.2, 0) is 11.2 Å². The molecular weight excluding hydrogens is 364 g/mol. The van der Waals surface area contributed by atoms with Crippen LogP contribution >= 0.6 is 0 Å². The molecule has 4 rings (SSSR count). The number of rotatable bonds is 4. The lowest BCUT2D eigenvalue weighted by molar-refractivity contribution is -0.119. The first-order valence-electron chi connectivity index (χ1n) is 8.90. The van der Waals surface area contributed by atoms with E-state index in [1.54, 1.807) is 29.3 Å². The van der Waals surface area contributed by atoms with Crippen LogP contribution in [0.25, 0.3) is 0 Å². The van der Waals surface area contributed by atoms with Crippen molar-refractivity contribution in [2.75, 3.05) is 22.9 Å². The van der Waals surface area contributed by atoms with Crippen molar-refractivity contribution in [3.8, 4) is 0 Å². The van der Waals surface area contributed by atoms with Crippen LogP contribution in [0.2, 0.25) is 0 Å². The predicted octanol–water partition coefficient (Wildman–Crippen LogP) is 2.74. The number of amides is 1. The number of carbonyl (C=O) groups excluding carboxylic acids is 1. The molecule has 28 heavy (non-hydrogen) atoms. The van der Waals surface area contributed by atoms with Crippen LogP contribution in [0.5, 0.6) is 0 Å². The first kappa shape index (κ1) is 18.1. The fourth-order valence-electron chi connectivity index (χ4n) is 3.42. The van der Waals surface area contributed by atoms with Gasteiger partial charge in [-0.2, -0.15) is 0 Å². The normalized spacial score (nSPS) is 14.7. The maximum absolute atomic E-state index is 14.0. The van der Waals surface area contributed by atoms with Crippen LogP contribution in [0.3, 0.4) is 0 Å². The van der Waals surface area contributed by atoms with Crippen LogP contribution in [0.4, 0.5) is 25.8 Å². The number of fused-ring (bicyclic) bond motifs is 1. The van der Waals surface area contributed by atoms with E-state index >= 15 is 0 Å². The standard InChI is InChI=1S/C20H19F2N5O/c21-13-1-4-16(5-2-13)26-7-8-27(18-6-3-14(22)9-19(18)26)20(28)17(23)10-15-11-24-12-25-15/h1-6,9,11-12,17H,7-8,10,23H2,(H,24,25)/t17-/m0/s1. The van der Waals surface area contributed by atoms with E-state index in [4.69, 9.17) is 5.73 Å². The summed E-state index contributed by atoms with van der Waals surface area (Å²) in [7, 11) is 0. The number of carbonyl (C=O) groups is 1. The van der Waals surface area contributed by atoms with Gasteiger partial charge in [0.05, 0.1) is 29.4 Å². The average Bonchev–Trinajstić information content (AvgIpc) is 3.20. The van der Waals surface area contributed by atoms with E-state index in [0.717, 1.165) is 5.69 Å². The SMILES string of the molecule is N[C@@H](Cc1c[nH]cn1)C(=O)N1CCN(c2ccc(F)cc2)c2cc(F)ccc21. The molecule has 0 saturated heterocycles. The molecule has 1 amide bonds. The Morgan fingerprint density at radius 2 is 1.86 bits per heavy atom. The molecule has 0 saturated carbocycles. The van der Waals surface area contributed by atoms with E-state index in [0.29, 0.717) is 36.6 Å². The molecule has 1 aromatic heterocycles. The summed E-state index contributed by atoms with van der Waals surface area (Å²) < 4.78 is 27.2. The highest BCUT2D eigenvalue weighted by Crippen LogP contribution is 2.38. The number of hydrogen-bond donors (Lipinski definition) is 2. The van der Waals surface area contributed by atoms with Crippen LogP contribution in [0, 0.1) is 11.6 Å². The third kappa shape index (κ3) is 3.46. The Labute approximate surface area is 160 Å². The minimum atomic E-state index is -0.765. The first-order chi connectivity index (χ1) is 13.5. The van der Waals surface area contributed by atoms with Gasteiger partial charge in [-0.1, -0.05) is 0 Å². The molecule has 1 aliphatic heterocycles. The topological polar surface area (TPSA) is 78.2 Å². The summed E-state index contributed by atoms with van der Waals surface area (Å²) in [5.41, 5.74) is 8.65. The van der Waals surface area contributed by atoms with Crippen molar-refractivity contribution in [2.24, 2.45) is 5.73 Å². The monoisotopic (exact) mass is 383 g/mol. The van der Waals surface area contributed by atoms with E-state index in [-0.39, 0.29) is 11.7 Å². The van der Waals surface area contributed by atoms with Gasteiger partial charge in [0.15, 0.2) is 0 Å². The molecule has 8 heteroatoms. The number of hydrogen-bond acceptors (Lipinski definition) is 4. The molecule has 3 aromatic rings. The molecule has 1 aliphatic rings. The van der Waals surface area contributed by atoms with E-state index in [2.05, 4.69) is 9.97 Å². The summed E-state index contributed by atoms with van der Waals surface area (Å²) in [4.78, 5) is 23.3. The molecule has 6 nitrogen and oxygen atoms in total. The van der Waals surface area contributed by atoms with Crippen molar-refractivity contribution in [3.05, 3.63) is 72.3 Å². The van der Waals surface area contributed by atoms with Crippen molar-refractivity contribution in [3.63, 3.8) is 0 Å². The number of nitrogens with one attached hydrogen (secondary N) is 1.